The number of aromatic nitrogens is 2. The fourth-order valence-corrected chi connectivity index (χ4v) is 4.30. The monoisotopic (exact) mass is 334 g/mol. The molecule has 1 aliphatic carbocycles. The Morgan fingerprint density at radius 1 is 1.39 bits per heavy atom. The van der Waals surface area contributed by atoms with Crippen LogP contribution in [0.25, 0.3) is 10.2 Å². The van der Waals surface area contributed by atoms with Crippen LogP contribution in [0.5, 0.6) is 0 Å². The van der Waals surface area contributed by atoms with Crippen molar-refractivity contribution in [3.05, 3.63) is 26.6 Å². The number of nitrogens with zero attached hydrogens (tertiary/aromatic N) is 2. The summed E-state index contributed by atoms with van der Waals surface area (Å²) in [6.07, 6.45) is 4.88. The quantitative estimate of drug-likeness (QED) is 0.807. The Kier molecular flexibility index (Phi) is 4.53. The van der Waals surface area contributed by atoms with E-state index in [0.717, 1.165) is 36.1 Å². The van der Waals surface area contributed by atoms with Crippen molar-refractivity contribution < 1.29 is 9.53 Å². The Morgan fingerprint density at radius 2 is 2.13 bits per heavy atom. The molecule has 1 atom stereocenters. The van der Waals surface area contributed by atoms with Crippen molar-refractivity contribution in [1.82, 2.24) is 9.55 Å². The summed E-state index contributed by atoms with van der Waals surface area (Å²) in [4.78, 5) is 31.6. The van der Waals surface area contributed by atoms with Gasteiger partial charge in [0, 0.05) is 4.88 Å². The van der Waals surface area contributed by atoms with E-state index >= 15 is 0 Å². The minimum absolute atomic E-state index is 0.0669. The number of esters is 1. The van der Waals surface area contributed by atoms with E-state index in [1.807, 2.05) is 13.8 Å². The van der Waals surface area contributed by atoms with E-state index < -0.39 is 0 Å². The molecular formula is C17H22N2O3S. The van der Waals surface area contributed by atoms with Crippen LogP contribution in [0.1, 0.15) is 49.4 Å². The summed E-state index contributed by atoms with van der Waals surface area (Å²) in [6, 6.07) is 0. The normalized spacial score (nSPS) is 15.4. The van der Waals surface area contributed by atoms with Crippen molar-refractivity contribution in [2.75, 3.05) is 0 Å². The first-order valence-corrected chi connectivity index (χ1v) is 9.04. The zero-order valence-corrected chi connectivity index (χ0v) is 14.7. The van der Waals surface area contributed by atoms with Gasteiger partial charge in [-0.05, 0) is 51.5 Å². The number of aryl methyl sites for hydroxylation is 3. The first kappa shape index (κ1) is 16.2. The highest BCUT2D eigenvalue weighted by Gasteiger charge is 2.22. The van der Waals surface area contributed by atoms with Gasteiger partial charge < -0.3 is 4.74 Å². The maximum absolute atomic E-state index is 12.9. The number of hydrogen-bond donors (Lipinski definition) is 0. The van der Waals surface area contributed by atoms with Crippen LogP contribution in [0.15, 0.2) is 4.79 Å². The molecule has 0 aromatic carbocycles. The number of carbonyl (C=O) groups excluding carboxylic acids is 1. The molecule has 124 valence electrons. The Labute approximate surface area is 139 Å². The summed E-state index contributed by atoms with van der Waals surface area (Å²) < 4.78 is 6.75. The molecule has 0 amide bonds. The maximum atomic E-state index is 12.9. The van der Waals surface area contributed by atoms with Crippen molar-refractivity contribution in [1.29, 1.82) is 0 Å². The van der Waals surface area contributed by atoms with Gasteiger partial charge >= 0.3 is 5.97 Å². The highest BCUT2D eigenvalue weighted by molar-refractivity contribution is 7.18. The van der Waals surface area contributed by atoms with E-state index in [-0.39, 0.29) is 24.2 Å². The lowest BCUT2D eigenvalue weighted by Crippen LogP contribution is -2.29. The van der Waals surface area contributed by atoms with E-state index in [2.05, 4.69) is 4.98 Å². The highest BCUT2D eigenvalue weighted by Crippen LogP contribution is 2.33. The van der Waals surface area contributed by atoms with Crippen LogP contribution in [-0.4, -0.2) is 21.6 Å². The Bertz CT molecular complexity index is 806. The third-order valence-corrected chi connectivity index (χ3v) is 5.65. The van der Waals surface area contributed by atoms with Gasteiger partial charge in [-0.2, -0.15) is 0 Å². The van der Waals surface area contributed by atoms with Gasteiger partial charge in [-0.1, -0.05) is 6.92 Å². The standard InChI is InChI=1S/C17H22N2O3S/c1-4-10(2)22-14(20)9-19-11(3)18-16-15(17(19)21)12-7-5-6-8-13(12)23-16/h10H,4-9H2,1-3H3. The summed E-state index contributed by atoms with van der Waals surface area (Å²) in [5.74, 6) is 0.192. The van der Waals surface area contributed by atoms with Crippen molar-refractivity contribution in [2.24, 2.45) is 0 Å². The van der Waals surface area contributed by atoms with Gasteiger partial charge in [0.1, 0.15) is 17.2 Å². The Balaban J connectivity index is 2.01. The number of carbonyl (C=O) groups is 1. The zero-order valence-electron chi connectivity index (χ0n) is 13.8. The first-order chi connectivity index (χ1) is 11.0. The molecule has 0 spiro atoms. The summed E-state index contributed by atoms with van der Waals surface area (Å²) in [7, 11) is 0. The molecule has 0 N–H and O–H groups in total. The topological polar surface area (TPSA) is 61.2 Å². The summed E-state index contributed by atoms with van der Waals surface area (Å²) in [5, 5.41) is 0.714. The van der Waals surface area contributed by atoms with E-state index in [1.165, 1.54) is 15.9 Å². The molecule has 0 aliphatic heterocycles. The number of rotatable bonds is 4. The molecule has 1 unspecified atom stereocenters. The summed E-state index contributed by atoms with van der Waals surface area (Å²) >= 11 is 1.63. The molecule has 5 nitrogen and oxygen atoms in total. The second kappa shape index (κ2) is 6.43. The maximum Gasteiger partial charge on any atom is 0.326 e. The van der Waals surface area contributed by atoms with E-state index in [9.17, 15) is 9.59 Å². The average Bonchev–Trinajstić information content (AvgIpc) is 2.89. The molecule has 2 aromatic heterocycles. The van der Waals surface area contributed by atoms with E-state index in [1.54, 1.807) is 18.3 Å². The predicted molar refractivity (Wildman–Crippen MR) is 91.1 cm³/mol. The molecule has 0 saturated carbocycles. The van der Waals surface area contributed by atoms with Crippen LogP contribution in [0, 0.1) is 6.92 Å². The molecule has 0 radical (unpaired) electrons. The van der Waals surface area contributed by atoms with Crippen LogP contribution in [0.4, 0.5) is 0 Å². The smallest absolute Gasteiger partial charge is 0.326 e. The lowest BCUT2D eigenvalue weighted by molar-refractivity contribution is -0.149. The Morgan fingerprint density at radius 3 is 2.87 bits per heavy atom. The molecule has 0 fully saturated rings. The summed E-state index contributed by atoms with van der Waals surface area (Å²) in [6.45, 7) is 5.52. The molecular weight excluding hydrogens is 312 g/mol. The number of ether oxygens (including phenoxy) is 1. The molecule has 0 bridgehead atoms. The van der Waals surface area contributed by atoms with Crippen molar-refractivity contribution in [3.8, 4) is 0 Å². The van der Waals surface area contributed by atoms with Crippen molar-refractivity contribution >= 4 is 27.5 Å². The van der Waals surface area contributed by atoms with E-state index in [0.29, 0.717) is 11.2 Å². The minimum atomic E-state index is -0.380. The molecule has 1 aliphatic rings. The fraction of sp³-hybridized carbons (Fsp3) is 0.588. The minimum Gasteiger partial charge on any atom is -0.461 e. The first-order valence-electron chi connectivity index (χ1n) is 8.22. The average molecular weight is 334 g/mol. The highest BCUT2D eigenvalue weighted by atomic mass is 32.1. The molecule has 3 rings (SSSR count). The third-order valence-electron chi connectivity index (χ3n) is 4.46. The lowest BCUT2D eigenvalue weighted by Gasteiger charge is -2.14. The third kappa shape index (κ3) is 3.04. The number of thiophene rings is 1. The van der Waals surface area contributed by atoms with Gasteiger partial charge in [-0.3, -0.25) is 14.2 Å². The molecule has 6 heteroatoms. The number of fused-ring (bicyclic) bond motifs is 3. The van der Waals surface area contributed by atoms with Crippen LogP contribution in [0.3, 0.4) is 0 Å². The molecule has 2 heterocycles. The molecule has 2 aromatic rings. The van der Waals surface area contributed by atoms with Crippen LogP contribution < -0.4 is 5.56 Å². The van der Waals surface area contributed by atoms with Crippen LogP contribution in [-0.2, 0) is 28.9 Å². The van der Waals surface area contributed by atoms with Gasteiger partial charge in [0.2, 0.25) is 0 Å². The van der Waals surface area contributed by atoms with Gasteiger partial charge in [-0.25, -0.2) is 4.98 Å². The van der Waals surface area contributed by atoms with Gasteiger partial charge in [0.05, 0.1) is 11.5 Å². The van der Waals surface area contributed by atoms with Crippen LogP contribution >= 0.6 is 11.3 Å². The zero-order chi connectivity index (χ0) is 16.6. The summed E-state index contributed by atoms with van der Waals surface area (Å²) in [5.41, 5.74) is 1.05. The Hall–Kier alpha value is -1.69. The van der Waals surface area contributed by atoms with Gasteiger partial charge in [-0.15, -0.1) is 11.3 Å². The number of hydrogen-bond acceptors (Lipinski definition) is 5. The second-order valence-corrected chi connectivity index (χ2v) is 7.23. The lowest BCUT2D eigenvalue weighted by atomic mass is 9.97. The molecule has 0 saturated heterocycles. The second-order valence-electron chi connectivity index (χ2n) is 6.15. The largest absolute Gasteiger partial charge is 0.461 e. The van der Waals surface area contributed by atoms with Gasteiger partial charge in [0.25, 0.3) is 5.56 Å². The van der Waals surface area contributed by atoms with Crippen LogP contribution in [0.2, 0.25) is 0 Å². The SMILES string of the molecule is CCC(C)OC(=O)Cn1c(C)nc2sc3c(c2c1=O)CCCC3. The predicted octanol–water partition coefficient (Wildman–Crippen LogP) is 2.99. The van der Waals surface area contributed by atoms with E-state index in [4.69, 9.17) is 4.74 Å². The molecule has 23 heavy (non-hydrogen) atoms. The van der Waals surface area contributed by atoms with Crippen molar-refractivity contribution in [3.63, 3.8) is 0 Å². The van der Waals surface area contributed by atoms with Gasteiger partial charge in [0.15, 0.2) is 0 Å². The van der Waals surface area contributed by atoms with Crippen molar-refractivity contribution in [2.45, 2.75) is 65.5 Å². The fourth-order valence-electron chi connectivity index (χ4n) is 3.00.